The SMILES string of the molecule is COc1cccc(CNc2cccc(-c3cc(CC4CCC(N)CC4)ncc3Cl)n2)c1. The standard InChI is InChI=1S/C25H29ClN4O/c1-31-21-5-2-4-18(13-21)15-29-25-7-3-6-24(30-25)22-14-20(28-16-23(22)26)12-17-8-10-19(27)11-9-17/h2-7,13-14,16-17,19H,8-12,15,27H2,1H3,(H,29,30). The normalized spacial score (nSPS) is 18.5. The van der Waals surface area contributed by atoms with Crippen molar-refractivity contribution >= 4 is 17.4 Å². The third kappa shape index (κ3) is 5.75. The van der Waals surface area contributed by atoms with Gasteiger partial charge in [0.05, 0.1) is 17.8 Å². The molecule has 0 bridgehead atoms. The molecule has 6 heteroatoms. The minimum Gasteiger partial charge on any atom is -0.497 e. The molecule has 5 nitrogen and oxygen atoms in total. The van der Waals surface area contributed by atoms with Crippen LogP contribution in [0.4, 0.5) is 5.82 Å². The highest BCUT2D eigenvalue weighted by Crippen LogP contribution is 2.30. The van der Waals surface area contributed by atoms with Crippen LogP contribution in [0.3, 0.4) is 0 Å². The van der Waals surface area contributed by atoms with Crippen molar-refractivity contribution in [1.82, 2.24) is 9.97 Å². The summed E-state index contributed by atoms with van der Waals surface area (Å²) in [6.45, 7) is 0.660. The number of ether oxygens (including phenoxy) is 1. The van der Waals surface area contributed by atoms with E-state index in [-0.39, 0.29) is 0 Å². The Morgan fingerprint density at radius 3 is 2.71 bits per heavy atom. The molecule has 1 aliphatic rings. The van der Waals surface area contributed by atoms with E-state index in [1.165, 1.54) is 12.8 Å². The molecule has 162 valence electrons. The van der Waals surface area contributed by atoms with Crippen molar-refractivity contribution in [2.24, 2.45) is 11.7 Å². The number of aromatic nitrogens is 2. The zero-order valence-corrected chi connectivity index (χ0v) is 18.6. The van der Waals surface area contributed by atoms with E-state index < -0.39 is 0 Å². The number of methoxy groups -OCH3 is 1. The van der Waals surface area contributed by atoms with Gasteiger partial charge in [-0.05, 0) is 73.9 Å². The Bertz CT molecular complexity index is 1020. The smallest absolute Gasteiger partial charge is 0.126 e. The minimum absolute atomic E-state index is 0.362. The van der Waals surface area contributed by atoms with Gasteiger partial charge in [0.25, 0.3) is 0 Å². The molecule has 1 aromatic carbocycles. The third-order valence-corrected chi connectivity index (χ3v) is 6.24. The number of pyridine rings is 2. The molecule has 1 fully saturated rings. The number of hydrogen-bond acceptors (Lipinski definition) is 5. The van der Waals surface area contributed by atoms with E-state index >= 15 is 0 Å². The van der Waals surface area contributed by atoms with Gasteiger partial charge < -0.3 is 15.8 Å². The summed E-state index contributed by atoms with van der Waals surface area (Å²) in [6.07, 6.45) is 7.26. The first kappa shape index (κ1) is 21.6. The van der Waals surface area contributed by atoms with Gasteiger partial charge in [-0.3, -0.25) is 4.98 Å². The lowest BCUT2D eigenvalue weighted by atomic mass is 9.83. The first-order valence-electron chi connectivity index (χ1n) is 10.8. The Hall–Kier alpha value is -2.63. The van der Waals surface area contributed by atoms with Gasteiger partial charge in [-0.25, -0.2) is 4.98 Å². The molecule has 31 heavy (non-hydrogen) atoms. The van der Waals surface area contributed by atoms with Crippen LogP contribution in [-0.4, -0.2) is 23.1 Å². The molecule has 1 saturated carbocycles. The fourth-order valence-electron chi connectivity index (χ4n) is 4.14. The Labute approximate surface area is 189 Å². The average molecular weight is 437 g/mol. The molecule has 4 rings (SSSR count). The van der Waals surface area contributed by atoms with Crippen LogP contribution in [0.25, 0.3) is 11.3 Å². The van der Waals surface area contributed by atoms with Crippen molar-refractivity contribution in [3.8, 4) is 17.0 Å². The molecule has 0 atom stereocenters. The van der Waals surface area contributed by atoms with Crippen LogP contribution in [0.1, 0.15) is 36.9 Å². The number of anilines is 1. The topological polar surface area (TPSA) is 73.1 Å². The molecule has 0 saturated heterocycles. The summed E-state index contributed by atoms with van der Waals surface area (Å²) in [7, 11) is 1.67. The Morgan fingerprint density at radius 1 is 1.10 bits per heavy atom. The maximum Gasteiger partial charge on any atom is 0.126 e. The van der Waals surface area contributed by atoms with Crippen LogP contribution in [0, 0.1) is 5.92 Å². The molecule has 3 N–H and O–H groups in total. The van der Waals surface area contributed by atoms with Gasteiger partial charge in [0.1, 0.15) is 11.6 Å². The number of halogens is 1. The minimum atomic E-state index is 0.362. The molecule has 0 radical (unpaired) electrons. The van der Waals surface area contributed by atoms with Gasteiger partial charge in [0, 0.05) is 30.0 Å². The molecule has 0 aliphatic heterocycles. The molecule has 2 aromatic heterocycles. The second-order valence-corrected chi connectivity index (χ2v) is 8.66. The van der Waals surface area contributed by atoms with Crippen molar-refractivity contribution in [2.75, 3.05) is 12.4 Å². The van der Waals surface area contributed by atoms with E-state index in [4.69, 9.17) is 27.1 Å². The number of benzene rings is 1. The summed E-state index contributed by atoms with van der Waals surface area (Å²) in [4.78, 5) is 9.36. The highest BCUT2D eigenvalue weighted by Gasteiger charge is 2.20. The number of nitrogens with zero attached hydrogens (tertiary/aromatic N) is 2. The van der Waals surface area contributed by atoms with Crippen molar-refractivity contribution in [2.45, 2.75) is 44.7 Å². The molecule has 3 aromatic rings. The van der Waals surface area contributed by atoms with Crippen LogP contribution in [0.15, 0.2) is 54.7 Å². The Morgan fingerprint density at radius 2 is 1.90 bits per heavy atom. The molecule has 0 spiro atoms. The van der Waals surface area contributed by atoms with Crippen molar-refractivity contribution in [1.29, 1.82) is 0 Å². The number of rotatable bonds is 7. The lowest BCUT2D eigenvalue weighted by molar-refractivity contribution is 0.323. The fraction of sp³-hybridized carbons (Fsp3) is 0.360. The van der Waals surface area contributed by atoms with Crippen molar-refractivity contribution in [3.05, 3.63) is 71.0 Å². The van der Waals surface area contributed by atoms with Gasteiger partial charge in [-0.15, -0.1) is 0 Å². The summed E-state index contributed by atoms with van der Waals surface area (Å²) < 4.78 is 5.30. The third-order valence-electron chi connectivity index (χ3n) is 5.93. The van der Waals surface area contributed by atoms with E-state index in [2.05, 4.69) is 22.4 Å². The van der Waals surface area contributed by atoms with Crippen LogP contribution < -0.4 is 15.8 Å². The van der Waals surface area contributed by atoms with Gasteiger partial charge in [0.2, 0.25) is 0 Å². The second-order valence-electron chi connectivity index (χ2n) is 8.25. The van der Waals surface area contributed by atoms with Gasteiger partial charge in [-0.2, -0.15) is 0 Å². The van der Waals surface area contributed by atoms with Gasteiger partial charge in [-0.1, -0.05) is 29.8 Å². The van der Waals surface area contributed by atoms with Crippen molar-refractivity contribution in [3.63, 3.8) is 0 Å². The number of hydrogen-bond donors (Lipinski definition) is 2. The summed E-state index contributed by atoms with van der Waals surface area (Å²) in [6, 6.07) is 16.4. The van der Waals surface area contributed by atoms with Gasteiger partial charge >= 0.3 is 0 Å². The quantitative estimate of drug-likeness (QED) is 0.513. The maximum absolute atomic E-state index is 6.50. The fourth-order valence-corrected chi connectivity index (χ4v) is 4.34. The number of nitrogens with one attached hydrogen (secondary N) is 1. The van der Waals surface area contributed by atoms with Crippen LogP contribution in [0.5, 0.6) is 5.75 Å². The average Bonchev–Trinajstić information content (AvgIpc) is 2.81. The summed E-state index contributed by atoms with van der Waals surface area (Å²) in [5.41, 5.74) is 10.0. The van der Waals surface area contributed by atoms with E-state index in [1.807, 2.05) is 36.4 Å². The maximum atomic E-state index is 6.50. The predicted molar refractivity (Wildman–Crippen MR) is 126 cm³/mol. The largest absolute Gasteiger partial charge is 0.497 e. The Balaban J connectivity index is 1.47. The molecule has 1 aliphatic carbocycles. The van der Waals surface area contributed by atoms with Crippen LogP contribution in [-0.2, 0) is 13.0 Å². The van der Waals surface area contributed by atoms with E-state index in [0.717, 1.165) is 53.3 Å². The summed E-state index contributed by atoms with van der Waals surface area (Å²) in [5.74, 6) is 2.29. The Kier molecular flexibility index (Phi) is 7.05. The van der Waals surface area contributed by atoms with E-state index in [9.17, 15) is 0 Å². The molecular formula is C25H29ClN4O. The first-order valence-corrected chi connectivity index (χ1v) is 11.2. The lowest BCUT2D eigenvalue weighted by Gasteiger charge is -2.25. The monoisotopic (exact) mass is 436 g/mol. The van der Waals surface area contributed by atoms with Crippen molar-refractivity contribution < 1.29 is 4.74 Å². The van der Waals surface area contributed by atoms with E-state index in [1.54, 1.807) is 13.3 Å². The second kappa shape index (κ2) is 10.1. The molecule has 2 heterocycles. The van der Waals surface area contributed by atoms with Crippen LogP contribution in [0.2, 0.25) is 5.02 Å². The molecule has 0 unspecified atom stereocenters. The zero-order valence-electron chi connectivity index (χ0n) is 17.9. The van der Waals surface area contributed by atoms with Gasteiger partial charge in [0.15, 0.2) is 0 Å². The van der Waals surface area contributed by atoms with E-state index in [0.29, 0.717) is 23.5 Å². The highest BCUT2D eigenvalue weighted by atomic mass is 35.5. The molecular weight excluding hydrogens is 408 g/mol. The first-order chi connectivity index (χ1) is 15.1. The summed E-state index contributed by atoms with van der Waals surface area (Å²) >= 11 is 6.50. The van der Waals surface area contributed by atoms with Crippen LogP contribution >= 0.6 is 11.6 Å². The number of nitrogens with two attached hydrogens (primary N) is 1. The molecule has 0 amide bonds. The highest BCUT2D eigenvalue weighted by molar-refractivity contribution is 6.33. The predicted octanol–water partition coefficient (Wildman–Crippen LogP) is 5.48. The zero-order chi connectivity index (χ0) is 21.6. The summed E-state index contributed by atoms with van der Waals surface area (Å²) in [5, 5.41) is 4.01. The lowest BCUT2D eigenvalue weighted by Crippen LogP contribution is -2.27.